The van der Waals surface area contributed by atoms with E-state index < -0.39 is 28.0 Å². The van der Waals surface area contributed by atoms with Gasteiger partial charge in [0.2, 0.25) is 10.0 Å². The topological polar surface area (TPSA) is 131 Å². The van der Waals surface area contributed by atoms with Crippen molar-refractivity contribution in [3.05, 3.63) is 54.4 Å². The molecule has 1 aromatic carbocycles. The minimum atomic E-state index is -3.95. The number of benzene rings is 1. The number of aliphatic hydroxyl groups excluding tert-OH is 1. The van der Waals surface area contributed by atoms with E-state index in [0.717, 1.165) is 12.1 Å². The van der Waals surface area contributed by atoms with Crippen molar-refractivity contribution in [2.75, 3.05) is 13.2 Å². The number of sulfonamides is 1. The first-order valence-corrected chi connectivity index (χ1v) is 11.0. The number of hydrogen-bond donors (Lipinski definition) is 3. The Hall–Kier alpha value is -2.47. The number of halogens is 1. The first-order valence-electron chi connectivity index (χ1n) is 9.47. The van der Waals surface area contributed by atoms with Crippen molar-refractivity contribution >= 4 is 15.9 Å². The third-order valence-corrected chi connectivity index (χ3v) is 6.24. The minimum Gasteiger partial charge on any atom is -0.394 e. The highest BCUT2D eigenvalue weighted by Crippen LogP contribution is 2.23. The summed E-state index contributed by atoms with van der Waals surface area (Å²) in [6, 6.07) is 4.06. The van der Waals surface area contributed by atoms with Crippen LogP contribution in [-0.2, 0) is 14.8 Å². The number of carbonyl (C=O) groups is 1. The van der Waals surface area contributed by atoms with Crippen molar-refractivity contribution in [3.8, 4) is 0 Å². The maximum absolute atomic E-state index is 13.4. The van der Waals surface area contributed by atoms with Gasteiger partial charge in [-0.05, 0) is 37.5 Å². The number of aromatic nitrogens is 2. The van der Waals surface area contributed by atoms with Crippen molar-refractivity contribution in [1.29, 1.82) is 0 Å². The smallest absolute Gasteiger partial charge is 0.271 e. The first-order chi connectivity index (χ1) is 14.4. The molecule has 9 nitrogen and oxygen atoms in total. The summed E-state index contributed by atoms with van der Waals surface area (Å²) in [5.74, 6) is -1.00. The Bertz CT molecular complexity index is 960. The van der Waals surface area contributed by atoms with Crippen LogP contribution in [0.15, 0.2) is 47.8 Å². The van der Waals surface area contributed by atoms with Crippen LogP contribution in [0.3, 0.4) is 0 Å². The van der Waals surface area contributed by atoms with Crippen molar-refractivity contribution in [2.45, 2.75) is 42.4 Å². The lowest BCUT2D eigenvalue weighted by atomic mass is 9.98. The van der Waals surface area contributed by atoms with Crippen molar-refractivity contribution in [2.24, 2.45) is 0 Å². The van der Waals surface area contributed by atoms with Gasteiger partial charge in [0.05, 0.1) is 35.9 Å². The summed E-state index contributed by atoms with van der Waals surface area (Å²) < 4.78 is 46.7. The maximum Gasteiger partial charge on any atom is 0.271 e. The van der Waals surface area contributed by atoms with Crippen molar-refractivity contribution in [3.63, 3.8) is 0 Å². The van der Waals surface area contributed by atoms with E-state index in [0.29, 0.717) is 25.8 Å². The van der Waals surface area contributed by atoms with Crippen LogP contribution in [0.5, 0.6) is 0 Å². The molecule has 1 saturated heterocycles. The molecule has 3 atom stereocenters. The largest absolute Gasteiger partial charge is 0.394 e. The van der Waals surface area contributed by atoms with Crippen LogP contribution in [0, 0.1) is 5.82 Å². The number of amides is 1. The SMILES string of the molecule is O=C(NCC[C@H]1CC[C@@H](NS(=O)(=O)c2cccc(F)c2)[C@H](CO)O1)c1cnccn1. The third-order valence-electron chi connectivity index (χ3n) is 4.76. The van der Waals surface area contributed by atoms with Gasteiger partial charge in [-0.1, -0.05) is 6.07 Å². The predicted molar refractivity (Wildman–Crippen MR) is 104 cm³/mol. The van der Waals surface area contributed by atoms with Crippen LogP contribution in [0.25, 0.3) is 0 Å². The molecule has 1 aliphatic rings. The summed E-state index contributed by atoms with van der Waals surface area (Å²) in [6.07, 6.45) is 4.73. The van der Waals surface area contributed by atoms with Gasteiger partial charge in [0.25, 0.3) is 5.91 Å². The number of carbonyl (C=O) groups excluding carboxylic acids is 1. The van der Waals surface area contributed by atoms with Gasteiger partial charge in [0.1, 0.15) is 11.5 Å². The molecule has 3 N–H and O–H groups in total. The Morgan fingerprint density at radius 3 is 2.83 bits per heavy atom. The molecule has 2 aromatic rings. The highest BCUT2D eigenvalue weighted by atomic mass is 32.2. The van der Waals surface area contributed by atoms with Crippen LogP contribution >= 0.6 is 0 Å². The van der Waals surface area contributed by atoms with Gasteiger partial charge in [-0.15, -0.1) is 0 Å². The Labute approximate surface area is 173 Å². The molecule has 3 rings (SSSR count). The number of rotatable bonds is 8. The molecule has 1 aliphatic heterocycles. The molecular formula is C19H23FN4O5S. The third kappa shape index (κ3) is 5.79. The molecule has 0 radical (unpaired) electrons. The van der Waals surface area contributed by atoms with E-state index in [1.54, 1.807) is 0 Å². The fraction of sp³-hybridized carbons (Fsp3) is 0.421. The molecule has 1 fully saturated rings. The lowest BCUT2D eigenvalue weighted by molar-refractivity contribution is -0.0871. The van der Waals surface area contributed by atoms with Gasteiger partial charge >= 0.3 is 0 Å². The molecule has 0 bridgehead atoms. The second-order valence-electron chi connectivity index (χ2n) is 6.88. The molecule has 30 heavy (non-hydrogen) atoms. The number of nitrogens with one attached hydrogen (secondary N) is 2. The van der Waals surface area contributed by atoms with Gasteiger partial charge in [0.15, 0.2) is 0 Å². The number of aliphatic hydroxyl groups is 1. The molecule has 0 unspecified atom stereocenters. The van der Waals surface area contributed by atoms with Gasteiger partial charge in [-0.2, -0.15) is 0 Å². The van der Waals surface area contributed by atoms with E-state index in [2.05, 4.69) is 20.0 Å². The number of nitrogens with zero attached hydrogens (tertiary/aromatic N) is 2. The average Bonchev–Trinajstić information content (AvgIpc) is 2.75. The van der Waals surface area contributed by atoms with Crippen LogP contribution in [-0.4, -0.2) is 60.8 Å². The monoisotopic (exact) mass is 438 g/mol. The fourth-order valence-electron chi connectivity index (χ4n) is 3.23. The van der Waals surface area contributed by atoms with E-state index in [1.165, 1.54) is 30.7 Å². The van der Waals surface area contributed by atoms with Crippen LogP contribution < -0.4 is 10.0 Å². The van der Waals surface area contributed by atoms with Crippen LogP contribution in [0.2, 0.25) is 0 Å². The summed E-state index contributed by atoms with van der Waals surface area (Å²) in [4.78, 5) is 19.5. The Morgan fingerprint density at radius 1 is 1.30 bits per heavy atom. The number of ether oxygens (including phenoxy) is 1. The number of hydrogen-bond acceptors (Lipinski definition) is 7. The average molecular weight is 438 g/mol. The van der Waals surface area contributed by atoms with Crippen LogP contribution in [0.4, 0.5) is 4.39 Å². The van der Waals surface area contributed by atoms with E-state index in [9.17, 15) is 22.7 Å². The van der Waals surface area contributed by atoms with E-state index in [-0.39, 0.29) is 29.2 Å². The molecule has 11 heteroatoms. The fourth-order valence-corrected chi connectivity index (χ4v) is 4.56. The highest BCUT2D eigenvalue weighted by molar-refractivity contribution is 7.89. The normalized spacial score (nSPS) is 21.9. The zero-order chi connectivity index (χ0) is 21.6. The molecule has 0 spiro atoms. The zero-order valence-corrected chi connectivity index (χ0v) is 16.9. The summed E-state index contributed by atoms with van der Waals surface area (Å²) in [5.41, 5.74) is 0.210. The second kappa shape index (κ2) is 10.0. The van der Waals surface area contributed by atoms with E-state index in [1.807, 2.05) is 0 Å². The lowest BCUT2D eigenvalue weighted by Crippen LogP contribution is -2.51. The molecular weight excluding hydrogens is 415 g/mol. The zero-order valence-electron chi connectivity index (χ0n) is 16.1. The maximum atomic E-state index is 13.4. The Kier molecular flexibility index (Phi) is 7.43. The minimum absolute atomic E-state index is 0.187. The van der Waals surface area contributed by atoms with E-state index in [4.69, 9.17) is 4.74 Å². The Morgan fingerprint density at radius 2 is 2.13 bits per heavy atom. The van der Waals surface area contributed by atoms with Crippen LogP contribution in [0.1, 0.15) is 29.8 Å². The van der Waals surface area contributed by atoms with Crippen molar-refractivity contribution in [1.82, 2.24) is 20.0 Å². The molecule has 1 aromatic heterocycles. The van der Waals surface area contributed by atoms with Gasteiger partial charge in [-0.25, -0.2) is 22.5 Å². The Balaban J connectivity index is 1.51. The summed E-state index contributed by atoms with van der Waals surface area (Å²) in [5, 5.41) is 12.4. The molecule has 162 valence electrons. The van der Waals surface area contributed by atoms with Gasteiger partial charge in [0, 0.05) is 18.9 Å². The van der Waals surface area contributed by atoms with E-state index >= 15 is 0 Å². The quantitative estimate of drug-likeness (QED) is 0.551. The molecule has 0 saturated carbocycles. The van der Waals surface area contributed by atoms with Gasteiger partial charge in [-0.3, -0.25) is 9.78 Å². The van der Waals surface area contributed by atoms with Gasteiger partial charge < -0.3 is 15.2 Å². The molecule has 2 heterocycles. The standard InChI is InChI=1S/C19H23FN4O5S/c20-13-2-1-3-15(10-13)30(27,28)24-16-5-4-14(29-18(16)12-25)6-7-23-19(26)17-11-21-8-9-22-17/h1-3,8-11,14,16,18,24-25H,4-7,12H2,(H,23,26)/t14-,16-,18+/m1/s1. The molecule has 0 aliphatic carbocycles. The highest BCUT2D eigenvalue weighted by Gasteiger charge is 2.34. The lowest BCUT2D eigenvalue weighted by Gasteiger charge is -2.36. The van der Waals surface area contributed by atoms with Crippen molar-refractivity contribution < 1.29 is 27.4 Å². The second-order valence-corrected chi connectivity index (χ2v) is 8.59. The predicted octanol–water partition coefficient (Wildman–Crippen LogP) is 0.623. The first kappa shape index (κ1) is 22.2. The summed E-state index contributed by atoms with van der Waals surface area (Å²) in [6.45, 7) is -0.0449. The summed E-state index contributed by atoms with van der Waals surface area (Å²) >= 11 is 0. The molecule has 1 amide bonds. The summed E-state index contributed by atoms with van der Waals surface area (Å²) in [7, 11) is -3.95.